The Kier molecular flexibility index (Phi) is 2.57. The van der Waals surface area contributed by atoms with Gasteiger partial charge in [-0.15, -0.1) is 0 Å². The molecule has 0 bridgehead atoms. The number of hydrazine groups is 1. The van der Waals surface area contributed by atoms with Crippen molar-refractivity contribution in [2.45, 2.75) is 13.5 Å². The van der Waals surface area contributed by atoms with Crippen molar-refractivity contribution in [3.63, 3.8) is 0 Å². The highest BCUT2D eigenvalue weighted by Gasteiger charge is 1.97. The predicted molar refractivity (Wildman–Crippen MR) is 42.2 cm³/mol. The fraction of sp³-hybridized carbons (Fsp3) is 0.250. The molecule has 3 N–H and O–H groups in total. The molecular formula is C8H11FN2. The van der Waals surface area contributed by atoms with Gasteiger partial charge in [-0.25, -0.2) is 4.39 Å². The summed E-state index contributed by atoms with van der Waals surface area (Å²) in [5.41, 5.74) is 4.43. The number of hydrogen-bond donors (Lipinski definition) is 2. The van der Waals surface area contributed by atoms with Crippen molar-refractivity contribution in [3.8, 4) is 0 Å². The third-order valence-electron chi connectivity index (χ3n) is 1.60. The second-order valence-electron chi connectivity index (χ2n) is 2.45. The number of aryl methyl sites for hydroxylation is 1. The van der Waals surface area contributed by atoms with Gasteiger partial charge in [0.15, 0.2) is 0 Å². The van der Waals surface area contributed by atoms with Crippen LogP contribution in [0.25, 0.3) is 0 Å². The summed E-state index contributed by atoms with van der Waals surface area (Å²) >= 11 is 0. The van der Waals surface area contributed by atoms with Gasteiger partial charge in [0.05, 0.1) is 0 Å². The quantitative estimate of drug-likeness (QED) is 0.494. The Labute approximate surface area is 65.2 Å². The van der Waals surface area contributed by atoms with Gasteiger partial charge in [-0.2, -0.15) is 0 Å². The number of halogens is 1. The summed E-state index contributed by atoms with van der Waals surface area (Å²) in [6.45, 7) is 2.43. The van der Waals surface area contributed by atoms with E-state index in [1.807, 2.05) is 6.92 Å². The molecule has 1 aromatic rings. The van der Waals surface area contributed by atoms with Gasteiger partial charge >= 0.3 is 0 Å². The molecule has 0 fully saturated rings. The van der Waals surface area contributed by atoms with Crippen LogP contribution in [0.1, 0.15) is 11.1 Å². The summed E-state index contributed by atoms with van der Waals surface area (Å²) in [6.07, 6.45) is 0. The maximum atomic E-state index is 12.6. The number of nitrogens with two attached hydrogens (primary N) is 1. The fourth-order valence-corrected chi connectivity index (χ4v) is 0.940. The molecule has 0 saturated heterocycles. The minimum atomic E-state index is -0.221. The normalized spacial score (nSPS) is 10.1. The summed E-state index contributed by atoms with van der Waals surface area (Å²) in [7, 11) is 0. The van der Waals surface area contributed by atoms with Gasteiger partial charge in [-0.05, 0) is 30.2 Å². The van der Waals surface area contributed by atoms with Gasteiger partial charge in [-0.3, -0.25) is 11.3 Å². The first kappa shape index (κ1) is 8.17. The average Bonchev–Trinajstić information content (AvgIpc) is 1.98. The third kappa shape index (κ3) is 2.00. The van der Waals surface area contributed by atoms with Crippen LogP contribution in [0.4, 0.5) is 4.39 Å². The van der Waals surface area contributed by atoms with E-state index < -0.39 is 0 Å². The molecule has 0 aliphatic rings. The molecule has 0 amide bonds. The summed E-state index contributed by atoms with van der Waals surface area (Å²) < 4.78 is 12.6. The first-order valence-corrected chi connectivity index (χ1v) is 3.42. The minimum Gasteiger partial charge on any atom is -0.271 e. The number of benzene rings is 1. The summed E-state index contributed by atoms with van der Waals surface area (Å²) in [6, 6.07) is 4.66. The van der Waals surface area contributed by atoms with Gasteiger partial charge in [0, 0.05) is 6.54 Å². The SMILES string of the molecule is Cc1ccc(F)cc1CNN. The highest BCUT2D eigenvalue weighted by molar-refractivity contribution is 5.26. The van der Waals surface area contributed by atoms with Crippen molar-refractivity contribution >= 4 is 0 Å². The Morgan fingerprint density at radius 2 is 2.27 bits per heavy atom. The molecule has 0 aliphatic carbocycles. The molecule has 60 valence electrons. The second-order valence-corrected chi connectivity index (χ2v) is 2.45. The van der Waals surface area contributed by atoms with Gasteiger partial charge in [0.1, 0.15) is 5.82 Å². The van der Waals surface area contributed by atoms with E-state index in [9.17, 15) is 4.39 Å². The minimum absolute atomic E-state index is 0.221. The average molecular weight is 154 g/mol. The molecule has 0 saturated carbocycles. The summed E-state index contributed by atoms with van der Waals surface area (Å²) in [5, 5.41) is 0. The zero-order valence-electron chi connectivity index (χ0n) is 6.39. The Balaban J connectivity index is 2.93. The van der Waals surface area contributed by atoms with Crippen LogP contribution in [-0.4, -0.2) is 0 Å². The van der Waals surface area contributed by atoms with Crippen LogP contribution in [0, 0.1) is 12.7 Å². The molecule has 11 heavy (non-hydrogen) atoms. The standard InChI is InChI=1S/C8H11FN2/c1-6-2-3-8(9)4-7(6)5-11-10/h2-4,11H,5,10H2,1H3. The van der Waals surface area contributed by atoms with Crippen molar-refractivity contribution in [2.75, 3.05) is 0 Å². The molecule has 0 unspecified atom stereocenters. The first-order valence-electron chi connectivity index (χ1n) is 3.42. The van der Waals surface area contributed by atoms with Gasteiger partial charge < -0.3 is 0 Å². The van der Waals surface area contributed by atoms with Crippen molar-refractivity contribution in [3.05, 3.63) is 35.1 Å². The van der Waals surface area contributed by atoms with E-state index in [0.29, 0.717) is 6.54 Å². The summed E-state index contributed by atoms with van der Waals surface area (Å²) in [5.74, 6) is 4.89. The lowest BCUT2D eigenvalue weighted by Crippen LogP contribution is -2.21. The van der Waals surface area contributed by atoms with Crippen LogP contribution < -0.4 is 11.3 Å². The molecule has 0 heterocycles. The molecule has 0 spiro atoms. The molecule has 2 nitrogen and oxygen atoms in total. The van der Waals surface area contributed by atoms with Crippen LogP contribution in [0.5, 0.6) is 0 Å². The van der Waals surface area contributed by atoms with Crippen LogP contribution in [0.2, 0.25) is 0 Å². The molecule has 1 aromatic carbocycles. The van der Waals surface area contributed by atoms with E-state index in [0.717, 1.165) is 11.1 Å². The van der Waals surface area contributed by atoms with Gasteiger partial charge in [0.2, 0.25) is 0 Å². The van der Waals surface area contributed by atoms with E-state index in [1.165, 1.54) is 12.1 Å². The Bertz CT molecular complexity index is 248. The van der Waals surface area contributed by atoms with E-state index in [1.54, 1.807) is 6.07 Å². The molecule has 0 aliphatic heterocycles. The number of nitrogens with one attached hydrogen (secondary N) is 1. The lowest BCUT2D eigenvalue weighted by molar-refractivity contribution is 0.621. The molecule has 0 atom stereocenters. The van der Waals surface area contributed by atoms with E-state index >= 15 is 0 Å². The Morgan fingerprint density at radius 3 is 2.91 bits per heavy atom. The molecule has 1 rings (SSSR count). The van der Waals surface area contributed by atoms with Gasteiger partial charge in [0.25, 0.3) is 0 Å². The van der Waals surface area contributed by atoms with Crippen molar-refractivity contribution in [1.29, 1.82) is 0 Å². The lowest BCUT2D eigenvalue weighted by Gasteiger charge is -2.03. The molecule has 3 heteroatoms. The van der Waals surface area contributed by atoms with E-state index in [4.69, 9.17) is 5.84 Å². The topological polar surface area (TPSA) is 38.0 Å². The van der Waals surface area contributed by atoms with Crippen LogP contribution >= 0.6 is 0 Å². The maximum Gasteiger partial charge on any atom is 0.123 e. The number of rotatable bonds is 2. The highest BCUT2D eigenvalue weighted by Crippen LogP contribution is 2.08. The first-order chi connectivity index (χ1) is 5.24. The van der Waals surface area contributed by atoms with Crippen molar-refractivity contribution in [2.24, 2.45) is 5.84 Å². The van der Waals surface area contributed by atoms with Crippen molar-refractivity contribution < 1.29 is 4.39 Å². The van der Waals surface area contributed by atoms with Crippen molar-refractivity contribution in [1.82, 2.24) is 5.43 Å². The molecular weight excluding hydrogens is 143 g/mol. The van der Waals surface area contributed by atoms with Crippen LogP contribution in [0.15, 0.2) is 18.2 Å². The Hall–Kier alpha value is -0.930. The summed E-state index contributed by atoms with van der Waals surface area (Å²) in [4.78, 5) is 0. The van der Waals surface area contributed by atoms with E-state index in [2.05, 4.69) is 5.43 Å². The predicted octanol–water partition coefficient (Wildman–Crippen LogP) is 1.10. The maximum absolute atomic E-state index is 12.6. The smallest absolute Gasteiger partial charge is 0.123 e. The van der Waals surface area contributed by atoms with Crippen LogP contribution in [-0.2, 0) is 6.54 Å². The fourth-order valence-electron chi connectivity index (χ4n) is 0.940. The second kappa shape index (κ2) is 3.46. The number of hydrogen-bond acceptors (Lipinski definition) is 2. The Morgan fingerprint density at radius 1 is 1.55 bits per heavy atom. The lowest BCUT2D eigenvalue weighted by atomic mass is 10.1. The third-order valence-corrected chi connectivity index (χ3v) is 1.60. The largest absolute Gasteiger partial charge is 0.271 e. The zero-order chi connectivity index (χ0) is 8.27. The monoisotopic (exact) mass is 154 g/mol. The molecule has 0 aromatic heterocycles. The zero-order valence-corrected chi connectivity index (χ0v) is 6.39. The van der Waals surface area contributed by atoms with Gasteiger partial charge in [-0.1, -0.05) is 6.07 Å². The highest BCUT2D eigenvalue weighted by atomic mass is 19.1. The van der Waals surface area contributed by atoms with Crippen LogP contribution in [0.3, 0.4) is 0 Å². The van der Waals surface area contributed by atoms with E-state index in [-0.39, 0.29) is 5.82 Å². The molecule has 0 radical (unpaired) electrons.